The summed E-state index contributed by atoms with van der Waals surface area (Å²) in [7, 11) is 0. The smallest absolute Gasteiger partial charge is 0.120 e. The van der Waals surface area contributed by atoms with Gasteiger partial charge in [-0.2, -0.15) is 0 Å². The van der Waals surface area contributed by atoms with Crippen molar-refractivity contribution >= 4 is 0 Å². The summed E-state index contributed by atoms with van der Waals surface area (Å²) in [6, 6.07) is 17.1. The lowest BCUT2D eigenvalue weighted by Crippen LogP contribution is -2.30. The molecule has 2 rings (SSSR count). The first-order valence-corrected chi connectivity index (χ1v) is 7.30. The normalized spacial score (nSPS) is 14.0. The number of aliphatic hydroxyl groups excluding tert-OH is 1. The number of rotatable bonds is 6. The van der Waals surface area contributed by atoms with Crippen LogP contribution in [0.1, 0.15) is 31.1 Å². The molecule has 2 atom stereocenters. The highest BCUT2D eigenvalue weighted by atomic mass is 16.5. The lowest BCUT2D eigenvalue weighted by molar-refractivity contribution is 0.145. The molecule has 0 saturated carbocycles. The van der Waals surface area contributed by atoms with Crippen molar-refractivity contribution in [2.75, 3.05) is 0 Å². The van der Waals surface area contributed by atoms with E-state index < -0.39 is 6.10 Å². The number of hydrogen-bond donors (Lipinski definition) is 2. The molecule has 2 unspecified atom stereocenters. The SMILES string of the molecule is CC(C)Oc1cccc(C(O)C(N)Cc2ccccc2)c1. The third-order valence-electron chi connectivity index (χ3n) is 3.29. The number of aliphatic hydroxyl groups is 1. The zero-order valence-corrected chi connectivity index (χ0v) is 12.6. The van der Waals surface area contributed by atoms with Crippen molar-refractivity contribution < 1.29 is 9.84 Å². The second-order valence-electron chi connectivity index (χ2n) is 5.54. The molecule has 0 fully saturated rings. The number of benzene rings is 2. The lowest BCUT2D eigenvalue weighted by atomic mass is 9.97. The van der Waals surface area contributed by atoms with Gasteiger partial charge in [-0.1, -0.05) is 42.5 Å². The Morgan fingerprint density at radius 2 is 1.76 bits per heavy atom. The predicted molar refractivity (Wildman–Crippen MR) is 85.3 cm³/mol. The van der Waals surface area contributed by atoms with Gasteiger partial charge in [0.25, 0.3) is 0 Å². The summed E-state index contributed by atoms with van der Waals surface area (Å²) in [6.45, 7) is 3.95. The van der Waals surface area contributed by atoms with Crippen molar-refractivity contribution in [2.45, 2.75) is 38.5 Å². The van der Waals surface area contributed by atoms with Gasteiger partial charge in [0, 0.05) is 6.04 Å². The maximum absolute atomic E-state index is 10.4. The molecule has 21 heavy (non-hydrogen) atoms. The van der Waals surface area contributed by atoms with Crippen LogP contribution in [0, 0.1) is 0 Å². The van der Waals surface area contributed by atoms with Crippen molar-refractivity contribution in [1.82, 2.24) is 0 Å². The Morgan fingerprint density at radius 3 is 2.43 bits per heavy atom. The van der Waals surface area contributed by atoms with Crippen LogP contribution in [0.4, 0.5) is 0 Å². The molecule has 0 saturated heterocycles. The van der Waals surface area contributed by atoms with Crippen LogP contribution < -0.4 is 10.5 Å². The van der Waals surface area contributed by atoms with E-state index in [-0.39, 0.29) is 12.1 Å². The van der Waals surface area contributed by atoms with E-state index in [1.54, 1.807) is 0 Å². The van der Waals surface area contributed by atoms with Gasteiger partial charge < -0.3 is 15.6 Å². The van der Waals surface area contributed by atoms with Crippen molar-refractivity contribution in [3.8, 4) is 5.75 Å². The molecule has 0 bridgehead atoms. The van der Waals surface area contributed by atoms with Crippen molar-refractivity contribution in [1.29, 1.82) is 0 Å². The topological polar surface area (TPSA) is 55.5 Å². The molecule has 0 radical (unpaired) electrons. The summed E-state index contributed by atoms with van der Waals surface area (Å²) in [5.41, 5.74) is 8.05. The van der Waals surface area contributed by atoms with E-state index in [0.717, 1.165) is 16.9 Å². The minimum Gasteiger partial charge on any atom is -0.491 e. The highest BCUT2D eigenvalue weighted by molar-refractivity contribution is 5.31. The summed E-state index contributed by atoms with van der Waals surface area (Å²) in [4.78, 5) is 0. The molecule has 0 heterocycles. The van der Waals surface area contributed by atoms with Gasteiger partial charge in [0.05, 0.1) is 12.2 Å². The molecule has 3 N–H and O–H groups in total. The molecular weight excluding hydrogens is 262 g/mol. The monoisotopic (exact) mass is 285 g/mol. The van der Waals surface area contributed by atoms with Crippen LogP contribution in [0.3, 0.4) is 0 Å². The maximum atomic E-state index is 10.4. The van der Waals surface area contributed by atoms with Crippen LogP contribution >= 0.6 is 0 Å². The van der Waals surface area contributed by atoms with Gasteiger partial charge in [-0.3, -0.25) is 0 Å². The van der Waals surface area contributed by atoms with E-state index in [0.29, 0.717) is 6.42 Å². The molecule has 2 aromatic carbocycles. The Labute approximate surface area is 126 Å². The molecule has 0 aliphatic carbocycles. The zero-order chi connectivity index (χ0) is 15.2. The first-order valence-electron chi connectivity index (χ1n) is 7.30. The molecule has 112 valence electrons. The summed E-state index contributed by atoms with van der Waals surface area (Å²) in [6.07, 6.45) is 0.0355. The van der Waals surface area contributed by atoms with E-state index in [4.69, 9.17) is 10.5 Å². The third kappa shape index (κ3) is 4.59. The number of nitrogens with two attached hydrogens (primary N) is 1. The Kier molecular flexibility index (Phi) is 5.37. The minimum absolute atomic E-state index is 0.107. The van der Waals surface area contributed by atoms with Crippen LogP contribution in [0.25, 0.3) is 0 Å². The lowest BCUT2D eigenvalue weighted by Gasteiger charge is -2.20. The second kappa shape index (κ2) is 7.25. The van der Waals surface area contributed by atoms with E-state index in [9.17, 15) is 5.11 Å². The fraction of sp³-hybridized carbons (Fsp3) is 0.333. The fourth-order valence-electron chi connectivity index (χ4n) is 2.29. The van der Waals surface area contributed by atoms with Crippen LogP contribution in [-0.4, -0.2) is 17.3 Å². The summed E-state index contributed by atoms with van der Waals surface area (Å²) in [5.74, 6) is 0.758. The van der Waals surface area contributed by atoms with Crippen LogP contribution in [0.15, 0.2) is 54.6 Å². The van der Waals surface area contributed by atoms with Crippen molar-refractivity contribution in [3.63, 3.8) is 0 Å². The Balaban J connectivity index is 2.06. The summed E-state index contributed by atoms with van der Waals surface area (Å²) in [5, 5.41) is 10.4. The molecule has 0 amide bonds. The van der Waals surface area contributed by atoms with Crippen LogP contribution in [-0.2, 0) is 6.42 Å². The highest BCUT2D eigenvalue weighted by Crippen LogP contribution is 2.23. The van der Waals surface area contributed by atoms with Crippen LogP contribution in [0.5, 0.6) is 5.75 Å². The quantitative estimate of drug-likeness (QED) is 0.857. The van der Waals surface area contributed by atoms with E-state index in [1.165, 1.54) is 0 Å². The van der Waals surface area contributed by atoms with Gasteiger partial charge >= 0.3 is 0 Å². The van der Waals surface area contributed by atoms with Crippen LogP contribution in [0.2, 0.25) is 0 Å². The molecule has 3 heteroatoms. The molecule has 2 aromatic rings. The minimum atomic E-state index is -0.707. The predicted octanol–water partition coefficient (Wildman–Crippen LogP) is 3.08. The van der Waals surface area contributed by atoms with Gasteiger partial charge in [-0.15, -0.1) is 0 Å². The average molecular weight is 285 g/mol. The standard InChI is InChI=1S/C18H23NO2/c1-13(2)21-16-10-6-9-15(12-16)18(20)17(19)11-14-7-4-3-5-8-14/h3-10,12-13,17-18,20H,11,19H2,1-2H3. The maximum Gasteiger partial charge on any atom is 0.120 e. The molecule has 0 aliphatic heterocycles. The van der Waals surface area contributed by atoms with Crippen molar-refractivity contribution in [2.24, 2.45) is 5.73 Å². The molecule has 0 aromatic heterocycles. The van der Waals surface area contributed by atoms with Gasteiger partial charge in [0.2, 0.25) is 0 Å². The number of hydrogen-bond acceptors (Lipinski definition) is 3. The summed E-state index contributed by atoms with van der Waals surface area (Å²) >= 11 is 0. The van der Waals surface area contributed by atoms with Gasteiger partial charge in [0.1, 0.15) is 5.75 Å². The first-order chi connectivity index (χ1) is 10.1. The van der Waals surface area contributed by atoms with E-state index in [2.05, 4.69) is 0 Å². The molecule has 0 aliphatic rings. The Bertz CT molecular complexity index is 554. The third-order valence-corrected chi connectivity index (χ3v) is 3.29. The van der Waals surface area contributed by atoms with E-state index >= 15 is 0 Å². The average Bonchev–Trinajstić information content (AvgIpc) is 2.47. The first kappa shape index (κ1) is 15.5. The molecular formula is C18H23NO2. The Hall–Kier alpha value is -1.84. The highest BCUT2D eigenvalue weighted by Gasteiger charge is 2.18. The number of ether oxygens (including phenoxy) is 1. The largest absolute Gasteiger partial charge is 0.491 e. The van der Waals surface area contributed by atoms with E-state index in [1.807, 2.05) is 68.4 Å². The fourth-order valence-corrected chi connectivity index (χ4v) is 2.29. The summed E-state index contributed by atoms with van der Waals surface area (Å²) < 4.78 is 5.65. The van der Waals surface area contributed by atoms with Gasteiger partial charge in [0.15, 0.2) is 0 Å². The zero-order valence-electron chi connectivity index (χ0n) is 12.6. The second-order valence-corrected chi connectivity index (χ2v) is 5.54. The van der Waals surface area contributed by atoms with Gasteiger partial charge in [-0.05, 0) is 43.5 Å². The molecule has 3 nitrogen and oxygen atoms in total. The Morgan fingerprint density at radius 1 is 1.05 bits per heavy atom. The van der Waals surface area contributed by atoms with Crippen molar-refractivity contribution in [3.05, 3.63) is 65.7 Å². The molecule has 0 spiro atoms. The van der Waals surface area contributed by atoms with Gasteiger partial charge in [-0.25, -0.2) is 0 Å².